The van der Waals surface area contributed by atoms with Gasteiger partial charge in [0.1, 0.15) is 11.6 Å². The molecule has 1 aromatic heterocycles. The lowest BCUT2D eigenvalue weighted by Crippen LogP contribution is -2.08. The van der Waals surface area contributed by atoms with Crippen molar-refractivity contribution < 1.29 is 0 Å². The molecule has 2 aromatic rings. The quantitative estimate of drug-likeness (QED) is 0.861. The maximum absolute atomic E-state index is 4.50. The minimum atomic E-state index is 0.842. The van der Waals surface area contributed by atoms with Crippen LogP contribution in [0.4, 0.5) is 23.0 Å². The van der Waals surface area contributed by atoms with Crippen LogP contribution in [-0.2, 0) is 0 Å². The average molecular weight is 256 g/mol. The molecule has 0 radical (unpaired) electrons. The summed E-state index contributed by atoms with van der Waals surface area (Å²) in [5.74, 6) is 1.73. The maximum Gasteiger partial charge on any atom is 0.132 e. The fourth-order valence-corrected chi connectivity index (χ4v) is 1.79. The van der Waals surface area contributed by atoms with Gasteiger partial charge >= 0.3 is 0 Å². The molecule has 1 aromatic carbocycles. The van der Waals surface area contributed by atoms with Crippen LogP contribution in [0.15, 0.2) is 42.5 Å². The molecular weight excluding hydrogens is 236 g/mol. The van der Waals surface area contributed by atoms with Crippen LogP contribution in [0, 0.1) is 0 Å². The molecule has 0 aliphatic carbocycles. The van der Waals surface area contributed by atoms with Crippen molar-refractivity contribution in [1.29, 1.82) is 0 Å². The second-order valence-electron chi connectivity index (χ2n) is 4.51. The largest absolute Gasteiger partial charge is 0.378 e. The van der Waals surface area contributed by atoms with Crippen LogP contribution in [0.5, 0.6) is 0 Å². The van der Waals surface area contributed by atoms with Gasteiger partial charge in [-0.1, -0.05) is 12.1 Å². The van der Waals surface area contributed by atoms with E-state index in [1.54, 1.807) is 0 Å². The second-order valence-corrected chi connectivity index (χ2v) is 4.51. The Kier molecular flexibility index (Phi) is 4.23. The van der Waals surface area contributed by atoms with E-state index in [1.165, 1.54) is 0 Å². The van der Waals surface area contributed by atoms with E-state index in [4.69, 9.17) is 0 Å². The lowest BCUT2D eigenvalue weighted by Gasteiger charge is -2.14. The molecule has 0 bridgehead atoms. The average Bonchev–Trinajstić information content (AvgIpc) is 2.40. The van der Waals surface area contributed by atoms with Crippen LogP contribution in [0.2, 0.25) is 0 Å². The van der Waals surface area contributed by atoms with Gasteiger partial charge in [-0.2, -0.15) is 0 Å². The Bertz CT molecular complexity index is 537. The van der Waals surface area contributed by atoms with E-state index >= 15 is 0 Å². The van der Waals surface area contributed by atoms with E-state index in [0.717, 1.165) is 29.6 Å². The molecule has 0 aliphatic rings. The number of rotatable bonds is 5. The highest BCUT2D eigenvalue weighted by molar-refractivity contribution is 5.63. The van der Waals surface area contributed by atoms with Crippen molar-refractivity contribution in [3.8, 4) is 0 Å². The molecule has 0 saturated carbocycles. The topological polar surface area (TPSA) is 40.2 Å². The Labute approximate surface area is 114 Å². The molecule has 0 spiro atoms. The SMILES string of the molecule is CCNc1cccc(Nc2cccc(N(C)C)c2)n1. The van der Waals surface area contributed by atoms with Crippen LogP contribution in [0.1, 0.15) is 6.92 Å². The third-order valence-electron chi connectivity index (χ3n) is 2.74. The summed E-state index contributed by atoms with van der Waals surface area (Å²) >= 11 is 0. The standard InChI is InChI=1S/C15H20N4/c1-4-16-14-9-6-10-15(18-14)17-12-7-5-8-13(11-12)19(2)3/h5-11H,4H2,1-3H3,(H2,16,17,18). The Hall–Kier alpha value is -2.23. The lowest BCUT2D eigenvalue weighted by atomic mass is 10.2. The van der Waals surface area contributed by atoms with Gasteiger partial charge in [0.05, 0.1) is 0 Å². The summed E-state index contributed by atoms with van der Waals surface area (Å²) in [5, 5.41) is 6.52. The van der Waals surface area contributed by atoms with Crippen LogP contribution >= 0.6 is 0 Å². The molecule has 0 aliphatic heterocycles. The molecule has 19 heavy (non-hydrogen) atoms. The van der Waals surface area contributed by atoms with Gasteiger partial charge in [-0.05, 0) is 37.3 Å². The van der Waals surface area contributed by atoms with Gasteiger partial charge < -0.3 is 15.5 Å². The molecule has 0 saturated heterocycles. The van der Waals surface area contributed by atoms with Crippen molar-refractivity contribution in [1.82, 2.24) is 4.98 Å². The van der Waals surface area contributed by atoms with E-state index in [-0.39, 0.29) is 0 Å². The van der Waals surface area contributed by atoms with Crippen LogP contribution < -0.4 is 15.5 Å². The van der Waals surface area contributed by atoms with Crippen molar-refractivity contribution in [3.63, 3.8) is 0 Å². The van der Waals surface area contributed by atoms with Gasteiger partial charge in [0.15, 0.2) is 0 Å². The Morgan fingerprint density at radius 1 is 1.05 bits per heavy atom. The Morgan fingerprint density at radius 3 is 2.53 bits per heavy atom. The number of aromatic nitrogens is 1. The number of hydrogen-bond donors (Lipinski definition) is 2. The molecule has 100 valence electrons. The minimum Gasteiger partial charge on any atom is -0.378 e. The molecule has 0 atom stereocenters. The molecule has 0 fully saturated rings. The van der Waals surface area contributed by atoms with Crippen molar-refractivity contribution in [3.05, 3.63) is 42.5 Å². The van der Waals surface area contributed by atoms with Gasteiger partial charge in [-0.3, -0.25) is 0 Å². The summed E-state index contributed by atoms with van der Waals surface area (Å²) in [4.78, 5) is 6.57. The first-order valence-electron chi connectivity index (χ1n) is 6.44. The van der Waals surface area contributed by atoms with Crippen LogP contribution in [0.3, 0.4) is 0 Å². The first-order chi connectivity index (χ1) is 9.19. The van der Waals surface area contributed by atoms with E-state index in [0.29, 0.717) is 0 Å². The first kappa shape index (κ1) is 13.2. The van der Waals surface area contributed by atoms with E-state index in [2.05, 4.69) is 39.6 Å². The predicted octanol–water partition coefficient (Wildman–Crippen LogP) is 3.32. The van der Waals surface area contributed by atoms with Gasteiger partial charge in [-0.25, -0.2) is 4.98 Å². The monoisotopic (exact) mass is 256 g/mol. The zero-order valence-electron chi connectivity index (χ0n) is 11.6. The first-order valence-corrected chi connectivity index (χ1v) is 6.44. The maximum atomic E-state index is 4.50. The smallest absolute Gasteiger partial charge is 0.132 e. The number of hydrogen-bond acceptors (Lipinski definition) is 4. The molecule has 0 unspecified atom stereocenters. The summed E-state index contributed by atoms with van der Waals surface area (Å²) in [6.07, 6.45) is 0. The van der Waals surface area contributed by atoms with Gasteiger partial charge in [0.2, 0.25) is 0 Å². The minimum absolute atomic E-state index is 0.842. The zero-order valence-corrected chi connectivity index (χ0v) is 11.6. The fourth-order valence-electron chi connectivity index (χ4n) is 1.79. The fraction of sp³-hybridized carbons (Fsp3) is 0.267. The Morgan fingerprint density at radius 2 is 1.79 bits per heavy atom. The van der Waals surface area contributed by atoms with Crippen LogP contribution in [-0.4, -0.2) is 25.6 Å². The van der Waals surface area contributed by atoms with E-state index in [1.807, 2.05) is 44.4 Å². The third-order valence-corrected chi connectivity index (χ3v) is 2.74. The highest BCUT2D eigenvalue weighted by atomic mass is 15.1. The normalized spacial score (nSPS) is 10.1. The zero-order chi connectivity index (χ0) is 13.7. The van der Waals surface area contributed by atoms with Gasteiger partial charge in [0, 0.05) is 32.0 Å². The number of anilines is 4. The van der Waals surface area contributed by atoms with E-state index < -0.39 is 0 Å². The van der Waals surface area contributed by atoms with Gasteiger partial charge in [0.25, 0.3) is 0 Å². The number of nitrogens with zero attached hydrogens (tertiary/aromatic N) is 2. The summed E-state index contributed by atoms with van der Waals surface area (Å²) in [6.45, 7) is 2.93. The summed E-state index contributed by atoms with van der Waals surface area (Å²) in [7, 11) is 4.06. The highest BCUT2D eigenvalue weighted by Gasteiger charge is 2.00. The second kappa shape index (κ2) is 6.09. The molecule has 2 N–H and O–H groups in total. The molecular formula is C15H20N4. The Balaban J connectivity index is 2.16. The third kappa shape index (κ3) is 3.61. The number of benzene rings is 1. The molecule has 4 nitrogen and oxygen atoms in total. The summed E-state index contributed by atoms with van der Waals surface area (Å²) < 4.78 is 0. The highest BCUT2D eigenvalue weighted by Crippen LogP contribution is 2.21. The molecule has 4 heteroatoms. The molecule has 1 heterocycles. The van der Waals surface area contributed by atoms with Crippen molar-refractivity contribution in [2.75, 3.05) is 36.2 Å². The van der Waals surface area contributed by atoms with Gasteiger partial charge in [-0.15, -0.1) is 0 Å². The molecule has 2 rings (SSSR count). The molecule has 0 amide bonds. The van der Waals surface area contributed by atoms with Crippen molar-refractivity contribution >= 4 is 23.0 Å². The van der Waals surface area contributed by atoms with Crippen molar-refractivity contribution in [2.45, 2.75) is 6.92 Å². The number of pyridine rings is 1. The summed E-state index contributed by atoms with van der Waals surface area (Å²) in [6, 6.07) is 14.2. The van der Waals surface area contributed by atoms with Crippen LogP contribution in [0.25, 0.3) is 0 Å². The summed E-state index contributed by atoms with van der Waals surface area (Å²) in [5.41, 5.74) is 2.19. The number of nitrogens with one attached hydrogen (secondary N) is 2. The predicted molar refractivity (Wildman–Crippen MR) is 82.5 cm³/mol. The van der Waals surface area contributed by atoms with E-state index in [9.17, 15) is 0 Å². The lowest BCUT2D eigenvalue weighted by molar-refractivity contribution is 1.13. The van der Waals surface area contributed by atoms with Crippen molar-refractivity contribution in [2.24, 2.45) is 0 Å².